The first-order valence-electron chi connectivity index (χ1n) is 11.1. The molecule has 2 aromatic rings. The summed E-state index contributed by atoms with van der Waals surface area (Å²) in [6.45, 7) is 0. The van der Waals surface area contributed by atoms with Crippen molar-refractivity contribution in [2.24, 2.45) is 23.7 Å². The van der Waals surface area contributed by atoms with Crippen LogP contribution in [0.25, 0.3) is 0 Å². The summed E-state index contributed by atoms with van der Waals surface area (Å²) in [5.74, 6) is 0.255. The van der Waals surface area contributed by atoms with Gasteiger partial charge in [0.2, 0.25) is 0 Å². The van der Waals surface area contributed by atoms with Crippen molar-refractivity contribution < 1.29 is 21.6 Å². The predicted molar refractivity (Wildman–Crippen MR) is 114 cm³/mol. The van der Waals surface area contributed by atoms with Crippen LogP contribution in [-0.2, 0) is 24.4 Å². The molecule has 31 heavy (non-hydrogen) atoms. The average molecular weight is 457 g/mol. The smallest absolute Gasteiger partial charge is 0.182 e. The third kappa shape index (κ3) is 1.95. The highest BCUT2D eigenvalue weighted by atomic mass is 32.2. The normalized spacial score (nSPS) is 44.3. The summed E-state index contributed by atoms with van der Waals surface area (Å²) < 4.78 is 62.3. The lowest BCUT2D eigenvalue weighted by Crippen LogP contribution is -2.55. The first kappa shape index (κ1) is 18.8. The van der Waals surface area contributed by atoms with Gasteiger partial charge < -0.3 is 4.74 Å². The number of hydrogen-bond acceptors (Lipinski definition) is 5. The molecule has 4 aliphatic carbocycles. The van der Waals surface area contributed by atoms with Crippen molar-refractivity contribution in [1.29, 1.82) is 0 Å². The molecule has 7 rings (SSSR count). The molecular formula is C24H24O5S2. The molecule has 0 unspecified atom stereocenters. The zero-order chi connectivity index (χ0) is 21.2. The fraction of sp³-hybridized carbons (Fsp3) is 0.500. The molecule has 4 bridgehead atoms. The summed E-state index contributed by atoms with van der Waals surface area (Å²) in [6.07, 6.45) is 3.84. The number of rotatable bonds is 4. The van der Waals surface area contributed by atoms with Crippen LogP contribution in [0.15, 0.2) is 70.5 Å². The molecule has 0 N–H and O–H groups in total. The number of benzene rings is 2. The fourth-order valence-electron chi connectivity index (χ4n) is 8.31. The fourth-order valence-corrected chi connectivity index (χ4v) is 13.5. The predicted octanol–water partition coefficient (Wildman–Crippen LogP) is 3.26. The zero-order valence-electron chi connectivity index (χ0n) is 16.9. The van der Waals surface area contributed by atoms with E-state index in [1.54, 1.807) is 60.7 Å². The minimum Gasteiger partial charge on any atom is -0.361 e. The summed E-state index contributed by atoms with van der Waals surface area (Å²) in [5, 5.41) is -1.92. The Kier molecular flexibility index (Phi) is 3.41. The van der Waals surface area contributed by atoms with Gasteiger partial charge in [-0.15, -0.1) is 0 Å². The summed E-state index contributed by atoms with van der Waals surface area (Å²) in [5.41, 5.74) is -0.814. The van der Waals surface area contributed by atoms with Crippen LogP contribution in [0.3, 0.4) is 0 Å². The average Bonchev–Trinajstić information content (AvgIpc) is 3.16. The van der Waals surface area contributed by atoms with Crippen LogP contribution < -0.4 is 0 Å². The highest BCUT2D eigenvalue weighted by Gasteiger charge is 2.95. The Balaban J connectivity index is 1.43. The highest BCUT2D eigenvalue weighted by Crippen LogP contribution is 2.85. The van der Waals surface area contributed by atoms with Crippen LogP contribution in [0.5, 0.6) is 0 Å². The van der Waals surface area contributed by atoms with Crippen LogP contribution in [0.2, 0.25) is 0 Å². The van der Waals surface area contributed by atoms with Crippen LogP contribution in [0.1, 0.15) is 25.7 Å². The number of hydrogen-bond donors (Lipinski definition) is 0. The largest absolute Gasteiger partial charge is 0.361 e. The molecule has 7 heteroatoms. The molecule has 1 aliphatic heterocycles. The second-order valence-electron chi connectivity index (χ2n) is 9.99. The quantitative estimate of drug-likeness (QED) is 0.660. The van der Waals surface area contributed by atoms with E-state index in [0.717, 1.165) is 19.3 Å². The van der Waals surface area contributed by atoms with Crippen molar-refractivity contribution in [3.8, 4) is 0 Å². The molecule has 8 atom stereocenters. The van der Waals surface area contributed by atoms with Gasteiger partial charge in [0.15, 0.2) is 19.7 Å². The van der Waals surface area contributed by atoms with E-state index in [-0.39, 0.29) is 21.6 Å². The summed E-state index contributed by atoms with van der Waals surface area (Å²) in [6, 6.07) is 16.7. The van der Waals surface area contributed by atoms with Crippen molar-refractivity contribution >= 4 is 19.7 Å². The Labute approximate surface area is 182 Å². The lowest BCUT2D eigenvalue weighted by atomic mass is 9.70. The third-order valence-corrected chi connectivity index (χ3v) is 13.8. The van der Waals surface area contributed by atoms with E-state index < -0.39 is 41.4 Å². The third-order valence-electron chi connectivity index (χ3n) is 9.14. The summed E-state index contributed by atoms with van der Waals surface area (Å²) in [7, 11) is -7.68. The molecule has 1 heterocycles. The number of fused-ring (bicyclic) bond motifs is 4. The molecule has 2 aromatic carbocycles. The topological polar surface area (TPSA) is 80.8 Å². The molecule has 5 nitrogen and oxygen atoms in total. The first-order valence-corrected chi connectivity index (χ1v) is 14.2. The van der Waals surface area contributed by atoms with Gasteiger partial charge in [-0.05, 0) is 61.8 Å². The van der Waals surface area contributed by atoms with Gasteiger partial charge in [-0.3, -0.25) is 0 Å². The second-order valence-corrected chi connectivity index (χ2v) is 14.2. The Morgan fingerprint density at radius 1 is 0.645 bits per heavy atom. The minimum absolute atomic E-state index is 0.214. The molecule has 0 radical (unpaired) electrons. The molecule has 0 spiro atoms. The van der Waals surface area contributed by atoms with Gasteiger partial charge in [0.05, 0.1) is 20.3 Å². The molecule has 5 fully saturated rings. The Bertz CT molecular complexity index is 1190. The first-order chi connectivity index (χ1) is 14.8. The van der Waals surface area contributed by atoms with Gasteiger partial charge in [-0.1, -0.05) is 36.4 Å². The maximum Gasteiger partial charge on any atom is 0.182 e. The van der Waals surface area contributed by atoms with Gasteiger partial charge in [-0.2, -0.15) is 0 Å². The van der Waals surface area contributed by atoms with Crippen LogP contribution in [0, 0.1) is 23.7 Å². The van der Waals surface area contributed by atoms with E-state index in [4.69, 9.17) is 4.74 Å². The van der Waals surface area contributed by atoms with Crippen LogP contribution >= 0.6 is 0 Å². The Hall–Kier alpha value is -1.70. The van der Waals surface area contributed by atoms with E-state index in [2.05, 4.69) is 0 Å². The van der Waals surface area contributed by atoms with E-state index in [0.29, 0.717) is 18.3 Å². The molecule has 0 amide bonds. The van der Waals surface area contributed by atoms with Crippen LogP contribution in [0.4, 0.5) is 0 Å². The van der Waals surface area contributed by atoms with Gasteiger partial charge >= 0.3 is 0 Å². The standard InChI is InChI=1S/C24H24O5S2/c25-30(26,17-7-3-1-4-8-17)21-19-14-20(22(21)31(27,28)18-9-5-2-6-10-18)24-16-12-11-15(13-16)23(19,24)29-24/h1-10,15-16,19-22H,11-14H2/t15-,16-,19-,20+,21+,22-,23-,24+/m0/s1. The maximum atomic E-state index is 13.9. The maximum absolute atomic E-state index is 13.9. The number of ether oxygens (including phenoxy) is 1. The van der Waals surface area contributed by atoms with E-state index in [1.807, 2.05) is 0 Å². The monoisotopic (exact) mass is 456 g/mol. The molecule has 162 valence electrons. The van der Waals surface area contributed by atoms with Crippen molar-refractivity contribution in [3.63, 3.8) is 0 Å². The number of sulfone groups is 2. The van der Waals surface area contributed by atoms with Crippen molar-refractivity contribution in [2.75, 3.05) is 0 Å². The van der Waals surface area contributed by atoms with Crippen LogP contribution in [-0.4, -0.2) is 38.5 Å². The lowest BCUT2D eigenvalue weighted by molar-refractivity contribution is 0.0900. The second kappa shape index (κ2) is 5.61. The number of epoxide rings is 1. The van der Waals surface area contributed by atoms with Crippen molar-refractivity contribution in [2.45, 2.75) is 57.2 Å². The molecule has 0 aromatic heterocycles. The molecule has 5 aliphatic rings. The van der Waals surface area contributed by atoms with E-state index in [9.17, 15) is 16.8 Å². The zero-order valence-corrected chi connectivity index (χ0v) is 18.6. The SMILES string of the molecule is O=S(=O)(c1ccccc1)[C@@H]1[C@H](S(=O)(=O)c2ccccc2)[C@@H]2C[C@H]1[C@@]13O[C@@]21[C@H]1CC[C@H]3C1. The van der Waals surface area contributed by atoms with E-state index >= 15 is 0 Å². The van der Waals surface area contributed by atoms with Crippen molar-refractivity contribution in [3.05, 3.63) is 60.7 Å². The van der Waals surface area contributed by atoms with Gasteiger partial charge in [-0.25, -0.2) is 16.8 Å². The summed E-state index contributed by atoms with van der Waals surface area (Å²) >= 11 is 0. The van der Waals surface area contributed by atoms with Gasteiger partial charge in [0, 0.05) is 11.8 Å². The molecule has 1 saturated heterocycles. The Morgan fingerprint density at radius 3 is 1.48 bits per heavy atom. The summed E-state index contributed by atoms with van der Waals surface area (Å²) in [4.78, 5) is 0.429. The van der Waals surface area contributed by atoms with E-state index in [1.165, 1.54) is 0 Å². The Morgan fingerprint density at radius 2 is 1.06 bits per heavy atom. The minimum atomic E-state index is -3.84. The molecule has 4 saturated carbocycles. The van der Waals surface area contributed by atoms with Gasteiger partial charge in [0.25, 0.3) is 0 Å². The van der Waals surface area contributed by atoms with Gasteiger partial charge in [0.1, 0.15) is 11.2 Å². The highest BCUT2D eigenvalue weighted by molar-refractivity contribution is 7.96. The molecular weight excluding hydrogens is 432 g/mol. The van der Waals surface area contributed by atoms with Crippen molar-refractivity contribution in [1.82, 2.24) is 0 Å². The lowest BCUT2D eigenvalue weighted by Gasteiger charge is -2.38.